The summed E-state index contributed by atoms with van der Waals surface area (Å²) in [4.78, 5) is 0. The van der Waals surface area contributed by atoms with E-state index in [1.807, 2.05) is 38.2 Å². The van der Waals surface area contributed by atoms with E-state index in [1.54, 1.807) is 0 Å². The van der Waals surface area contributed by atoms with Gasteiger partial charge in [0.15, 0.2) is 0 Å². The SMILES string of the molecule is [CH2-]C/C=C/C.[CH2-]C/C=C\C.[Pt+2].c1ccc(P(CCCP(c2ccccc2)c2ccccc2)c2ccccc2)cc1. The van der Waals surface area contributed by atoms with Crippen molar-refractivity contribution in [1.29, 1.82) is 0 Å². The molecule has 0 heterocycles. The van der Waals surface area contributed by atoms with Gasteiger partial charge in [-0.1, -0.05) is 133 Å². The Balaban J connectivity index is 0.000000628. The van der Waals surface area contributed by atoms with Gasteiger partial charge in [-0.25, -0.2) is 0 Å². The molecule has 0 nitrogen and oxygen atoms in total. The third-order valence-electron chi connectivity index (χ3n) is 5.84. The summed E-state index contributed by atoms with van der Waals surface area (Å²) in [5, 5.41) is 5.94. The molecule has 4 rings (SSSR count). The minimum atomic E-state index is -0.309. The minimum Gasteiger partial charge on any atom is -0.340 e. The van der Waals surface area contributed by atoms with Gasteiger partial charge < -0.3 is 13.8 Å². The Morgan fingerprint density at radius 1 is 0.475 bits per heavy atom. The molecule has 212 valence electrons. The standard InChI is InChI=1S/C27H26P2.2C5H9.Pt/c1-5-14-24(15-6-1)28(25-16-7-2-8-17-25)22-13-23-29(26-18-9-3-10-19-26)27-20-11-4-12-21-27;2*1-3-5-4-2;/h1-12,14-21H,13,22-23H2;2*4-5H,1,3H2,2H3;/q;2*-1;+2/b;5-4+;5-4-;. The first kappa shape index (κ1) is 35.9. The molecule has 0 aromatic heterocycles. The molecule has 0 aliphatic heterocycles. The molecule has 4 aromatic carbocycles. The van der Waals surface area contributed by atoms with Crippen molar-refractivity contribution in [2.75, 3.05) is 12.3 Å². The molecule has 0 amide bonds. The van der Waals surface area contributed by atoms with Gasteiger partial charge >= 0.3 is 21.1 Å². The summed E-state index contributed by atoms with van der Waals surface area (Å²) in [6.45, 7) is 11.2. The van der Waals surface area contributed by atoms with Gasteiger partial charge in [-0.05, 0) is 69.7 Å². The molecule has 0 saturated carbocycles. The van der Waals surface area contributed by atoms with Crippen LogP contribution >= 0.6 is 15.8 Å². The normalized spacial score (nSPS) is 10.6. The summed E-state index contributed by atoms with van der Waals surface area (Å²) in [6.07, 6.45) is 13.6. The molecule has 0 saturated heterocycles. The van der Waals surface area contributed by atoms with E-state index in [2.05, 4.69) is 135 Å². The Kier molecular flexibility index (Phi) is 21.2. The maximum atomic E-state index is 3.59. The molecular formula is C37H44P2Pt. The fraction of sp³-hybridized carbons (Fsp3) is 0.189. The van der Waals surface area contributed by atoms with E-state index >= 15 is 0 Å². The van der Waals surface area contributed by atoms with Crippen LogP contribution in [-0.4, -0.2) is 12.3 Å². The van der Waals surface area contributed by atoms with E-state index in [0.717, 1.165) is 12.8 Å². The molecule has 0 radical (unpaired) electrons. The summed E-state index contributed by atoms with van der Waals surface area (Å²) < 4.78 is 0. The second-order valence-corrected chi connectivity index (χ2v) is 13.4. The third-order valence-corrected chi connectivity index (χ3v) is 11.1. The van der Waals surface area contributed by atoms with Crippen molar-refractivity contribution in [3.05, 3.63) is 159 Å². The molecular weight excluding hydrogens is 701 g/mol. The van der Waals surface area contributed by atoms with Crippen molar-refractivity contribution >= 4 is 37.1 Å². The average molecular weight is 746 g/mol. The van der Waals surface area contributed by atoms with Crippen molar-refractivity contribution in [3.63, 3.8) is 0 Å². The molecule has 0 atom stereocenters. The van der Waals surface area contributed by atoms with E-state index < -0.39 is 0 Å². The largest absolute Gasteiger partial charge is 2.00 e. The van der Waals surface area contributed by atoms with Gasteiger partial charge in [0.1, 0.15) is 0 Å². The van der Waals surface area contributed by atoms with Crippen LogP contribution in [0.5, 0.6) is 0 Å². The zero-order chi connectivity index (χ0) is 28.0. The van der Waals surface area contributed by atoms with Gasteiger partial charge in [0.25, 0.3) is 0 Å². The van der Waals surface area contributed by atoms with E-state index in [9.17, 15) is 0 Å². The monoisotopic (exact) mass is 745 g/mol. The van der Waals surface area contributed by atoms with E-state index in [0.29, 0.717) is 0 Å². The van der Waals surface area contributed by atoms with Gasteiger partial charge in [-0.15, -0.1) is 12.2 Å². The predicted octanol–water partition coefficient (Wildman–Crippen LogP) is 9.21. The summed E-state index contributed by atoms with van der Waals surface area (Å²) in [6, 6.07) is 44.3. The molecule has 0 spiro atoms. The van der Waals surface area contributed by atoms with Crippen molar-refractivity contribution in [1.82, 2.24) is 0 Å². The molecule has 0 aliphatic rings. The molecule has 0 bridgehead atoms. The Morgan fingerprint density at radius 2 is 0.725 bits per heavy atom. The van der Waals surface area contributed by atoms with E-state index in [-0.39, 0.29) is 36.9 Å². The summed E-state index contributed by atoms with van der Waals surface area (Å²) in [5.74, 6) is 0. The summed E-state index contributed by atoms with van der Waals surface area (Å²) in [7, 11) is -0.618. The molecule has 0 fully saturated rings. The van der Waals surface area contributed by atoms with Gasteiger partial charge in [-0.2, -0.15) is 12.8 Å². The first-order valence-corrected chi connectivity index (χ1v) is 16.9. The number of allylic oxidation sites excluding steroid dienone is 4. The Morgan fingerprint density at radius 3 is 0.900 bits per heavy atom. The Bertz CT molecular complexity index is 986. The van der Waals surface area contributed by atoms with Crippen LogP contribution in [0.25, 0.3) is 0 Å². The smallest absolute Gasteiger partial charge is 0.340 e. The summed E-state index contributed by atoms with van der Waals surface area (Å²) >= 11 is 0. The van der Waals surface area contributed by atoms with Crippen LogP contribution < -0.4 is 21.2 Å². The van der Waals surface area contributed by atoms with Crippen molar-refractivity contribution in [3.8, 4) is 0 Å². The maximum Gasteiger partial charge on any atom is 2.00 e. The van der Waals surface area contributed by atoms with E-state index in [1.165, 1.54) is 40.0 Å². The Labute approximate surface area is 261 Å². The molecule has 3 heteroatoms. The van der Waals surface area contributed by atoms with Crippen LogP contribution in [-0.2, 0) is 21.1 Å². The van der Waals surface area contributed by atoms with Crippen LogP contribution in [0.15, 0.2) is 146 Å². The number of hydrogen-bond donors (Lipinski definition) is 0. The van der Waals surface area contributed by atoms with Crippen LogP contribution in [0.4, 0.5) is 0 Å². The minimum absolute atomic E-state index is 0. The molecule has 0 N–H and O–H groups in total. The first-order valence-electron chi connectivity index (χ1n) is 13.8. The van der Waals surface area contributed by atoms with Gasteiger partial charge in [0.2, 0.25) is 0 Å². The third kappa shape index (κ3) is 14.0. The van der Waals surface area contributed by atoms with Gasteiger partial charge in [-0.3, -0.25) is 0 Å². The van der Waals surface area contributed by atoms with Crippen molar-refractivity contribution < 1.29 is 21.1 Å². The molecule has 40 heavy (non-hydrogen) atoms. The van der Waals surface area contributed by atoms with Crippen LogP contribution in [0, 0.1) is 13.8 Å². The van der Waals surface area contributed by atoms with Gasteiger partial charge in [0.05, 0.1) is 0 Å². The number of benzene rings is 4. The second kappa shape index (κ2) is 23.6. The molecule has 0 unspecified atom stereocenters. The fourth-order valence-electron chi connectivity index (χ4n) is 3.97. The fourth-order valence-corrected chi connectivity index (χ4v) is 8.92. The van der Waals surface area contributed by atoms with Crippen LogP contribution in [0.1, 0.15) is 33.1 Å². The quantitative estimate of drug-likeness (QED) is 0.0864. The van der Waals surface area contributed by atoms with E-state index in [4.69, 9.17) is 0 Å². The number of rotatable bonds is 10. The summed E-state index contributed by atoms with van der Waals surface area (Å²) in [5.41, 5.74) is 0. The molecule has 4 aromatic rings. The Hall–Kier alpha value is -2.09. The van der Waals surface area contributed by atoms with Crippen LogP contribution in [0.3, 0.4) is 0 Å². The predicted molar refractivity (Wildman–Crippen MR) is 182 cm³/mol. The second-order valence-electron chi connectivity index (χ2n) is 8.71. The van der Waals surface area contributed by atoms with Crippen molar-refractivity contribution in [2.24, 2.45) is 0 Å². The topological polar surface area (TPSA) is 0 Å². The zero-order valence-corrected chi connectivity index (χ0v) is 28.1. The van der Waals surface area contributed by atoms with Gasteiger partial charge in [0, 0.05) is 0 Å². The van der Waals surface area contributed by atoms with Crippen LogP contribution in [0.2, 0.25) is 0 Å². The molecule has 0 aliphatic carbocycles. The average Bonchev–Trinajstić information content (AvgIpc) is 3.00. The maximum absolute atomic E-state index is 3.59. The van der Waals surface area contributed by atoms with Crippen molar-refractivity contribution in [2.45, 2.75) is 33.1 Å². The zero-order valence-electron chi connectivity index (χ0n) is 24.0. The number of hydrogen-bond acceptors (Lipinski definition) is 0. The first-order chi connectivity index (χ1) is 19.2.